The average molecular weight is 255 g/mol. The quantitative estimate of drug-likeness (QED) is 0.710. The zero-order valence-corrected chi connectivity index (χ0v) is 10.1. The molecule has 1 unspecified atom stereocenters. The van der Waals surface area contributed by atoms with E-state index in [1.165, 1.54) is 4.63 Å². The second-order valence-corrected chi connectivity index (χ2v) is 4.14. The molecule has 0 fully saturated rings. The van der Waals surface area contributed by atoms with Crippen LogP contribution < -0.4 is 11.1 Å². The first-order valence-electron chi connectivity index (χ1n) is 5.93. The van der Waals surface area contributed by atoms with Gasteiger partial charge in [-0.3, -0.25) is 0 Å². The van der Waals surface area contributed by atoms with Crippen LogP contribution in [0.4, 0.5) is 5.82 Å². The lowest BCUT2D eigenvalue weighted by Crippen LogP contribution is -2.21. The Morgan fingerprint density at radius 2 is 2.00 bits per heavy atom. The molecule has 1 aromatic carbocycles. The molecule has 0 amide bonds. The van der Waals surface area contributed by atoms with Gasteiger partial charge < -0.3 is 11.1 Å². The van der Waals surface area contributed by atoms with Crippen molar-refractivity contribution in [1.29, 1.82) is 0 Å². The minimum absolute atomic E-state index is 0.0902. The molecule has 0 radical (unpaired) electrons. The zero-order valence-electron chi connectivity index (χ0n) is 10.1. The van der Waals surface area contributed by atoms with Crippen LogP contribution in [0, 0.1) is 0 Å². The van der Waals surface area contributed by atoms with Crippen molar-refractivity contribution >= 4 is 11.5 Å². The lowest BCUT2D eigenvalue weighted by atomic mass is 10.1. The highest BCUT2D eigenvalue weighted by Gasteiger charge is 2.06. The molecule has 0 saturated heterocycles. The van der Waals surface area contributed by atoms with E-state index in [1.807, 2.05) is 36.4 Å². The van der Waals surface area contributed by atoms with Crippen molar-refractivity contribution in [1.82, 2.24) is 25.3 Å². The van der Waals surface area contributed by atoms with Gasteiger partial charge in [0.15, 0.2) is 5.65 Å². The van der Waals surface area contributed by atoms with Crippen LogP contribution in [-0.4, -0.2) is 31.8 Å². The highest BCUT2D eigenvalue weighted by molar-refractivity contribution is 5.42. The van der Waals surface area contributed by atoms with Crippen LogP contribution in [0.25, 0.3) is 5.65 Å². The number of aromatic nitrogens is 5. The van der Waals surface area contributed by atoms with Crippen LogP contribution in [0.1, 0.15) is 11.6 Å². The van der Waals surface area contributed by atoms with Gasteiger partial charge in [0.2, 0.25) is 0 Å². The number of fused-ring (bicyclic) bond motifs is 1. The first-order chi connectivity index (χ1) is 9.33. The monoisotopic (exact) mass is 255 g/mol. The molecule has 3 rings (SSSR count). The van der Waals surface area contributed by atoms with Crippen molar-refractivity contribution in [3.05, 3.63) is 48.0 Å². The maximum absolute atomic E-state index is 6.10. The molecule has 19 heavy (non-hydrogen) atoms. The molecule has 0 saturated carbocycles. The van der Waals surface area contributed by atoms with Crippen molar-refractivity contribution < 1.29 is 0 Å². The van der Waals surface area contributed by atoms with Gasteiger partial charge in [-0.2, -0.15) is 0 Å². The highest BCUT2D eigenvalue weighted by Crippen LogP contribution is 2.10. The topological polar surface area (TPSA) is 94.0 Å². The van der Waals surface area contributed by atoms with Gasteiger partial charge in [-0.15, -0.1) is 14.8 Å². The summed E-state index contributed by atoms with van der Waals surface area (Å²) in [7, 11) is 0. The fourth-order valence-electron chi connectivity index (χ4n) is 1.78. The fraction of sp³-hybridized carbons (Fsp3) is 0.167. The largest absolute Gasteiger partial charge is 0.367 e. The maximum atomic E-state index is 6.10. The van der Waals surface area contributed by atoms with E-state index >= 15 is 0 Å². The lowest BCUT2D eigenvalue weighted by Gasteiger charge is -2.13. The van der Waals surface area contributed by atoms with Gasteiger partial charge >= 0.3 is 0 Å². The Kier molecular flexibility index (Phi) is 3.03. The van der Waals surface area contributed by atoms with Crippen molar-refractivity contribution in [2.45, 2.75) is 6.04 Å². The Hall–Kier alpha value is -2.54. The third kappa shape index (κ3) is 2.50. The zero-order chi connectivity index (χ0) is 13.1. The minimum Gasteiger partial charge on any atom is -0.367 e. The van der Waals surface area contributed by atoms with E-state index in [2.05, 4.69) is 25.9 Å². The molecule has 96 valence electrons. The molecular formula is C12H13N7. The molecule has 7 heteroatoms. The second-order valence-electron chi connectivity index (χ2n) is 4.14. The van der Waals surface area contributed by atoms with Crippen LogP contribution in [0.5, 0.6) is 0 Å². The summed E-state index contributed by atoms with van der Waals surface area (Å²) < 4.78 is 1.37. The lowest BCUT2D eigenvalue weighted by molar-refractivity contribution is 0.722. The molecule has 3 N–H and O–H groups in total. The summed E-state index contributed by atoms with van der Waals surface area (Å²) in [6.45, 7) is 0.588. The summed E-state index contributed by atoms with van der Waals surface area (Å²) in [6, 6.07) is 13.5. The van der Waals surface area contributed by atoms with Gasteiger partial charge in [-0.05, 0) is 28.1 Å². The number of anilines is 1. The molecule has 0 aliphatic rings. The molecule has 0 aliphatic carbocycles. The molecule has 0 bridgehead atoms. The normalized spacial score (nSPS) is 12.5. The van der Waals surface area contributed by atoms with E-state index in [0.717, 1.165) is 5.56 Å². The van der Waals surface area contributed by atoms with Crippen molar-refractivity contribution in [3.63, 3.8) is 0 Å². The van der Waals surface area contributed by atoms with E-state index in [9.17, 15) is 0 Å². The van der Waals surface area contributed by atoms with Gasteiger partial charge in [0.25, 0.3) is 0 Å². The Bertz CT molecular complexity index is 664. The highest BCUT2D eigenvalue weighted by atomic mass is 15.6. The third-order valence-electron chi connectivity index (χ3n) is 2.80. The molecule has 7 nitrogen and oxygen atoms in total. The molecular weight excluding hydrogens is 242 g/mol. The average Bonchev–Trinajstić information content (AvgIpc) is 2.93. The molecule has 0 spiro atoms. The number of nitrogens with zero attached hydrogens (tertiary/aromatic N) is 5. The van der Waals surface area contributed by atoms with Crippen molar-refractivity contribution in [2.75, 3.05) is 11.9 Å². The van der Waals surface area contributed by atoms with E-state index in [-0.39, 0.29) is 6.04 Å². The summed E-state index contributed by atoms with van der Waals surface area (Å²) in [5.41, 5.74) is 7.79. The molecule has 3 aromatic rings. The van der Waals surface area contributed by atoms with Crippen molar-refractivity contribution in [2.24, 2.45) is 5.73 Å². The third-order valence-corrected chi connectivity index (χ3v) is 2.80. The molecule has 1 atom stereocenters. The second kappa shape index (κ2) is 4.99. The van der Waals surface area contributed by atoms with Crippen LogP contribution in [0.15, 0.2) is 42.5 Å². The Labute approximate surface area is 109 Å². The number of hydrogen-bond donors (Lipinski definition) is 2. The van der Waals surface area contributed by atoms with Gasteiger partial charge in [0.05, 0.1) is 0 Å². The maximum Gasteiger partial charge on any atom is 0.200 e. The number of hydrogen-bond acceptors (Lipinski definition) is 6. The van der Waals surface area contributed by atoms with Crippen molar-refractivity contribution in [3.8, 4) is 0 Å². The summed E-state index contributed by atoms with van der Waals surface area (Å²) in [5, 5.41) is 18.4. The minimum atomic E-state index is -0.0902. The van der Waals surface area contributed by atoms with Crippen LogP contribution in [0.3, 0.4) is 0 Å². The van der Waals surface area contributed by atoms with E-state index in [0.29, 0.717) is 18.0 Å². The number of benzene rings is 1. The summed E-state index contributed by atoms with van der Waals surface area (Å²) in [4.78, 5) is 0. The van der Waals surface area contributed by atoms with Gasteiger partial charge in [-0.25, -0.2) is 0 Å². The van der Waals surface area contributed by atoms with Gasteiger partial charge in [0.1, 0.15) is 5.82 Å². The fourth-order valence-corrected chi connectivity index (χ4v) is 1.78. The Morgan fingerprint density at radius 3 is 2.84 bits per heavy atom. The van der Waals surface area contributed by atoms with Crippen LogP contribution in [0.2, 0.25) is 0 Å². The van der Waals surface area contributed by atoms with Crippen LogP contribution in [-0.2, 0) is 0 Å². The van der Waals surface area contributed by atoms with E-state index in [4.69, 9.17) is 5.73 Å². The number of tetrazole rings is 1. The van der Waals surface area contributed by atoms with Gasteiger partial charge in [-0.1, -0.05) is 30.3 Å². The van der Waals surface area contributed by atoms with E-state index in [1.54, 1.807) is 6.07 Å². The Balaban J connectivity index is 1.68. The van der Waals surface area contributed by atoms with Gasteiger partial charge in [0, 0.05) is 12.6 Å². The van der Waals surface area contributed by atoms with Crippen LogP contribution >= 0.6 is 0 Å². The first kappa shape index (κ1) is 11.5. The SMILES string of the molecule is NC(CNc1ccc2nnnn2n1)c1ccccc1. The van der Waals surface area contributed by atoms with E-state index < -0.39 is 0 Å². The Morgan fingerprint density at radius 1 is 1.16 bits per heavy atom. The standard InChI is InChI=1S/C12H13N7/c13-10(9-4-2-1-3-5-9)8-14-11-6-7-12-15-17-18-19(12)16-11/h1-7,10H,8,13H2,(H,14,16). The predicted octanol–water partition coefficient (Wildman–Crippen LogP) is 0.631. The number of rotatable bonds is 4. The number of nitrogens with two attached hydrogens (primary N) is 1. The molecule has 0 aliphatic heterocycles. The summed E-state index contributed by atoms with van der Waals surface area (Å²) >= 11 is 0. The summed E-state index contributed by atoms with van der Waals surface area (Å²) in [5.74, 6) is 0.686. The first-order valence-corrected chi connectivity index (χ1v) is 5.93. The molecule has 2 heterocycles. The summed E-state index contributed by atoms with van der Waals surface area (Å²) in [6.07, 6.45) is 0. The molecule has 2 aromatic heterocycles. The predicted molar refractivity (Wildman–Crippen MR) is 70.4 cm³/mol. The smallest absolute Gasteiger partial charge is 0.200 e. The number of nitrogens with one attached hydrogen (secondary N) is 1.